The summed E-state index contributed by atoms with van der Waals surface area (Å²) in [7, 11) is 5.83. The summed E-state index contributed by atoms with van der Waals surface area (Å²) in [5, 5.41) is 3.35. The monoisotopic (exact) mass is 286 g/mol. The van der Waals surface area contributed by atoms with Crippen molar-refractivity contribution >= 4 is 21.6 Å². The maximum Gasteiger partial charge on any atom is 0.0587 e. The molecule has 0 fully saturated rings. The molecular formula is C12H19BrN2O. The van der Waals surface area contributed by atoms with Crippen molar-refractivity contribution in [2.45, 2.75) is 6.54 Å². The van der Waals surface area contributed by atoms with E-state index in [-0.39, 0.29) is 0 Å². The number of methoxy groups -OCH3 is 1. The number of anilines is 1. The minimum atomic E-state index is 0.741. The normalized spacial score (nSPS) is 10.5. The van der Waals surface area contributed by atoms with E-state index in [2.05, 4.69) is 58.4 Å². The van der Waals surface area contributed by atoms with Crippen molar-refractivity contribution in [3.8, 4) is 0 Å². The van der Waals surface area contributed by atoms with Crippen LogP contribution >= 0.6 is 15.9 Å². The number of ether oxygens (including phenoxy) is 1. The lowest BCUT2D eigenvalue weighted by atomic mass is 10.1. The fourth-order valence-electron chi connectivity index (χ4n) is 1.53. The van der Waals surface area contributed by atoms with Gasteiger partial charge in [0.2, 0.25) is 0 Å². The Hall–Kier alpha value is -0.580. The first-order valence-corrected chi connectivity index (χ1v) is 6.10. The maximum atomic E-state index is 5.00. The molecule has 1 rings (SSSR count). The molecule has 0 heterocycles. The molecule has 1 N–H and O–H groups in total. The third-order valence-electron chi connectivity index (χ3n) is 2.32. The van der Waals surface area contributed by atoms with Gasteiger partial charge in [-0.25, -0.2) is 0 Å². The zero-order chi connectivity index (χ0) is 12.0. The van der Waals surface area contributed by atoms with Crippen LogP contribution in [-0.2, 0) is 11.3 Å². The van der Waals surface area contributed by atoms with E-state index in [1.54, 1.807) is 7.11 Å². The van der Waals surface area contributed by atoms with Crippen LogP contribution in [0.3, 0.4) is 0 Å². The van der Waals surface area contributed by atoms with E-state index in [1.807, 2.05) is 0 Å². The second-order valence-corrected chi connectivity index (χ2v) is 4.75. The van der Waals surface area contributed by atoms with Gasteiger partial charge in [0.15, 0.2) is 0 Å². The summed E-state index contributed by atoms with van der Waals surface area (Å²) in [6, 6.07) is 6.33. The largest absolute Gasteiger partial charge is 0.383 e. The van der Waals surface area contributed by atoms with Gasteiger partial charge in [0, 0.05) is 44.5 Å². The highest BCUT2D eigenvalue weighted by atomic mass is 79.9. The molecule has 1 aromatic rings. The van der Waals surface area contributed by atoms with Crippen LogP contribution in [0.5, 0.6) is 0 Å². The number of rotatable bonds is 6. The first-order chi connectivity index (χ1) is 7.65. The maximum absolute atomic E-state index is 5.00. The lowest BCUT2D eigenvalue weighted by Gasteiger charge is -2.18. The van der Waals surface area contributed by atoms with Crippen LogP contribution in [-0.4, -0.2) is 34.4 Å². The summed E-state index contributed by atoms with van der Waals surface area (Å²) in [5.41, 5.74) is 2.53. The number of nitrogens with zero attached hydrogens (tertiary/aromatic N) is 1. The van der Waals surface area contributed by atoms with Crippen molar-refractivity contribution in [3.63, 3.8) is 0 Å². The number of nitrogens with one attached hydrogen (secondary N) is 1. The van der Waals surface area contributed by atoms with E-state index in [9.17, 15) is 0 Å². The van der Waals surface area contributed by atoms with Gasteiger partial charge in [-0.15, -0.1) is 0 Å². The average molecular weight is 287 g/mol. The van der Waals surface area contributed by atoms with Gasteiger partial charge in [0.25, 0.3) is 0 Å². The highest BCUT2D eigenvalue weighted by Crippen LogP contribution is 2.22. The lowest BCUT2D eigenvalue weighted by Crippen LogP contribution is -2.20. The molecule has 0 bridgehead atoms. The lowest BCUT2D eigenvalue weighted by molar-refractivity contribution is 0.199. The fourth-order valence-corrected chi connectivity index (χ4v) is 1.94. The van der Waals surface area contributed by atoms with Crippen LogP contribution in [0, 0.1) is 0 Å². The van der Waals surface area contributed by atoms with Gasteiger partial charge in [0.1, 0.15) is 0 Å². The van der Waals surface area contributed by atoms with E-state index in [0.717, 1.165) is 24.2 Å². The predicted molar refractivity (Wildman–Crippen MR) is 72.1 cm³/mol. The molecule has 90 valence electrons. The molecule has 1 aromatic carbocycles. The Balaban J connectivity index is 2.65. The van der Waals surface area contributed by atoms with Crippen molar-refractivity contribution < 1.29 is 4.74 Å². The van der Waals surface area contributed by atoms with Crippen molar-refractivity contribution in [2.75, 3.05) is 39.3 Å². The number of hydrogen-bond acceptors (Lipinski definition) is 3. The number of hydrogen-bond donors (Lipinski definition) is 1. The summed E-state index contributed by atoms with van der Waals surface area (Å²) < 4.78 is 6.11. The van der Waals surface area contributed by atoms with Gasteiger partial charge < -0.3 is 15.0 Å². The molecule has 4 heteroatoms. The van der Waals surface area contributed by atoms with E-state index >= 15 is 0 Å². The van der Waals surface area contributed by atoms with E-state index < -0.39 is 0 Å². The molecule has 0 aliphatic carbocycles. The molecule has 0 saturated carbocycles. The zero-order valence-electron chi connectivity index (χ0n) is 10.1. The Labute approximate surface area is 106 Å². The van der Waals surface area contributed by atoms with Gasteiger partial charge in [-0.3, -0.25) is 0 Å². The topological polar surface area (TPSA) is 24.5 Å². The average Bonchev–Trinajstić information content (AvgIpc) is 2.24. The van der Waals surface area contributed by atoms with Crippen molar-refractivity contribution in [1.29, 1.82) is 0 Å². The van der Waals surface area contributed by atoms with Crippen LogP contribution < -0.4 is 10.2 Å². The first kappa shape index (κ1) is 13.5. The van der Waals surface area contributed by atoms with E-state index in [1.165, 1.54) is 11.3 Å². The van der Waals surface area contributed by atoms with Gasteiger partial charge >= 0.3 is 0 Å². The standard InChI is InChI=1S/C12H19BrN2O/c1-15(2)12-5-4-11(13)8-10(12)9-14-6-7-16-3/h4-5,8,14H,6-7,9H2,1-3H3. The minimum Gasteiger partial charge on any atom is -0.383 e. The Morgan fingerprint density at radius 1 is 1.38 bits per heavy atom. The van der Waals surface area contributed by atoms with Crippen molar-refractivity contribution in [2.24, 2.45) is 0 Å². The zero-order valence-corrected chi connectivity index (χ0v) is 11.7. The second-order valence-electron chi connectivity index (χ2n) is 3.84. The number of halogens is 1. The SMILES string of the molecule is COCCNCc1cc(Br)ccc1N(C)C. The molecule has 0 saturated heterocycles. The Bertz CT molecular complexity index is 329. The highest BCUT2D eigenvalue weighted by Gasteiger charge is 2.04. The predicted octanol–water partition coefficient (Wildman–Crippen LogP) is 2.25. The van der Waals surface area contributed by atoms with Gasteiger partial charge in [-0.2, -0.15) is 0 Å². The molecule has 0 unspecified atom stereocenters. The van der Waals surface area contributed by atoms with Crippen LogP contribution in [0.2, 0.25) is 0 Å². The molecule has 0 spiro atoms. The molecular weight excluding hydrogens is 268 g/mol. The van der Waals surface area contributed by atoms with Crippen LogP contribution in [0.1, 0.15) is 5.56 Å². The fraction of sp³-hybridized carbons (Fsp3) is 0.500. The minimum absolute atomic E-state index is 0.741. The highest BCUT2D eigenvalue weighted by molar-refractivity contribution is 9.10. The van der Waals surface area contributed by atoms with Crippen LogP contribution in [0.15, 0.2) is 22.7 Å². The molecule has 0 aliphatic heterocycles. The molecule has 0 radical (unpaired) electrons. The Morgan fingerprint density at radius 2 is 2.12 bits per heavy atom. The van der Waals surface area contributed by atoms with E-state index in [4.69, 9.17) is 4.74 Å². The van der Waals surface area contributed by atoms with Gasteiger partial charge in [-0.05, 0) is 23.8 Å². The first-order valence-electron chi connectivity index (χ1n) is 5.30. The second kappa shape index (κ2) is 6.89. The molecule has 3 nitrogen and oxygen atoms in total. The quantitative estimate of drug-likeness (QED) is 0.812. The van der Waals surface area contributed by atoms with Gasteiger partial charge in [-0.1, -0.05) is 15.9 Å². The van der Waals surface area contributed by atoms with Gasteiger partial charge in [0.05, 0.1) is 6.61 Å². The Morgan fingerprint density at radius 3 is 2.75 bits per heavy atom. The molecule has 16 heavy (non-hydrogen) atoms. The molecule has 0 aliphatic rings. The van der Waals surface area contributed by atoms with Crippen molar-refractivity contribution in [1.82, 2.24) is 5.32 Å². The van der Waals surface area contributed by atoms with Crippen LogP contribution in [0.4, 0.5) is 5.69 Å². The molecule has 0 aromatic heterocycles. The summed E-state index contributed by atoms with van der Waals surface area (Å²) >= 11 is 3.50. The Kier molecular flexibility index (Phi) is 5.80. The smallest absolute Gasteiger partial charge is 0.0587 e. The summed E-state index contributed by atoms with van der Waals surface area (Å²) in [5.74, 6) is 0. The molecule has 0 atom stereocenters. The third kappa shape index (κ3) is 4.12. The van der Waals surface area contributed by atoms with E-state index in [0.29, 0.717) is 0 Å². The summed E-state index contributed by atoms with van der Waals surface area (Å²) in [6.45, 7) is 2.47. The molecule has 0 amide bonds. The number of benzene rings is 1. The summed E-state index contributed by atoms with van der Waals surface area (Å²) in [4.78, 5) is 2.12. The summed E-state index contributed by atoms with van der Waals surface area (Å²) in [6.07, 6.45) is 0. The van der Waals surface area contributed by atoms with Crippen molar-refractivity contribution in [3.05, 3.63) is 28.2 Å². The van der Waals surface area contributed by atoms with Crippen LogP contribution in [0.25, 0.3) is 0 Å². The third-order valence-corrected chi connectivity index (χ3v) is 2.82.